The number of carbonyl (C=O) groups excluding carboxylic acids is 1. The van der Waals surface area contributed by atoms with Crippen LogP contribution < -0.4 is 11.1 Å². The molecule has 0 aliphatic carbocycles. The first-order chi connectivity index (χ1) is 13.6. The maximum atomic E-state index is 12.5. The highest BCUT2D eigenvalue weighted by atomic mass is 16.1. The lowest BCUT2D eigenvalue weighted by atomic mass is 9.97. The first-order valence-electron chi connectivity index (χ1n) is 11.1. The average molecular weight is 387 g/mol. The van der Waals surface area contributed by atoms with Crippen LogP contribution >= 0.6 is 0 Å². The van der Waals surface area contributed by atoms with Crippen molar-refractivity contribution in [1.82, 2.24) is 4.90 Å². The van der Waals surface area contributed by atoms with Gasteiger partial charge in [0, 0.05) is 18.8 Å². The molecule has 0 spiro atoms. The fourth-order valence-electron chi connectivity index (χ4n) is 3.87. The molecule has 1 aromatic rings. The average Bonchev–Trinajstić information content (AvgIpc) is 2.71. The number of aryl methyl sites for hydroxylation is 1. The highest BCUT2D eigenvalue weighted by Crippen LogP contribution is 2.19. The standard InChI is InChI=1S/C23H38N4O/c1-2-3-4-5-6-7-8-9-11-19-13-15-21(16-14-19)26-22(28)20-12-10-17-27(18-20)23(24)25/h13-16,20H,2-12,17-18H2,1H3,(H3,24,25)(H,26,28)/t20-/m1/s1. The number of likely N-dealkylation sites (tertiary alicyclic amines) is 1. The SMILES string of the molecule is CCCCCCCCCCc1ccc(NC(=O)[C@@H]2CCCN(C(=N)N)C2)cc1. The molecule has 5 nitrogen and oxygen atoms in total. The lowest BCUT2D eigenvalue weighted by Gasteiger charge is -2.32. The molecular weight excluding hydrogens is 348 g/mol. The van der Waals surface area contributed by atoms with E-state index in [9.17, 15) is 4.79 Å². The molecule has 1 saturated heterocycles. The maximum absolute atomic E-state index is 12.5. The first kappa shape index (κ1) is 22.3. The number of rotatable bonds is 11. The molecule has 1 fully saturated rings. The van der Waals surface area contributed by atoms with Crippen molar-refractivity contribution in [3.8, 4) is 0 Å². The third-order valence-electron chi connectivity index (χ3n) is 5.67. The molecule has 1 amide bonds. The van der Waals surface area contributed by atoms with E-state index >= 15 is 0 Å². The van der Waals surface area contributed by atoms with Crippen LogP contribution in [0.5, 0.6) is 0 Å². The summed E-state index contributed by atoms with van der Waals surface area (Å²) in [4.78, 5) is 14.3. The molecule has 1 heterocycles. The van der Waals surface area contributed by atoms with Crippen molar-refractivity contribution in [3.05, 3.63) is 29.8 Å². The summed E-state index contributed by atoms with van der Waals surface area (Å²) in [5.74, 6) is -0.0146. The van der Waals surface area contributed by atoms with Gasteiger partial charge in [-0.05, 0) is 43.4 Å². The number of unbranched alkanes of at least 4 members (excludes halogenated alkanes) is 7. The van der Waals surface area contributed by atoms with Gasteiger partial charge in [0.05, 0.1) is 5.92 Å². The van der Waals surface area contributed by atoms with Gasteiger partial charge < -0.3 is 16.0 Å². The van der Waals surface area contributed by atoms with Gasteiger partial charge in [0.2, 0.25) is 5.91 Å². The van der Waals surface area contributed by atoms with E-state index in [0.29, 0.717) is 6.54 Å². The molecule has 0 aromatic heterocycles. The minimum absolute atomic E-state index is 0.0294. The van der Waals surface area contributed by atoms with Crippen molar-refractivity contribution in [1.29, 1.82) is 5.41 Å². The highest BCUT2D eigenvalue weighted by molar-refractivity contribution is 5.93. The lowest BCUT2D eigenvalue weighted by Crippen LogP contribution is -2.46. The van der Waals surface area contributed by atoms with Crippen LogP contribution in [0.25, 0.3) is 0 Å². The zero-order chi connectivity index (χ0) is 20.2. The predicted molar refractivity (Wildman–Crippen MR) is 118 cm³/mol. The van der Waals surface area contributed by atoms with Gasteiger partial charge in [-0.1, -0.05) is 64.0 Å². The Morgan fingerprint density at radius 2 is 1.75 bits per heavy atom. The molecule has 0 saturated carbocycles. The number of hydrogen-bond donors (Lipinski definition) is 3. The molecule has 0 radical (unpaired) electrons. The predicted octanol–water partition coefficient (Wildman–Crippen LogP) is 4.91. The van der Waals surface area contributed by atoms with E-state index in [4.69, 9.17) is 11.1 Å². The van der Waals surface area contributed by atoms with Crippen LogP contribution in [0.15, 0.2) is 24.3 Å². The zero-order valence-corrected chi connectivity index (χ0v) is 17.5. The molecule has 1 atom stereocenters. The summed E-state index contributed by atoms with van der Waals surface area (Å²) in [5.41, 5.74) is 7.75. The number of nitrogens with zero attached hydrogens (tertiary/aromatic N) is 1. The monoisotopic (exact) mass is 386 g/mol. The lowest BCUT2D eigenvalue weighted by molar-refractivity contribution is -0.121. The Balaban J connectivity index is 1.66. The molecule has 1 aliphatic rings. The molecule has 28 heavy (non-hydrogen) atoms. The molecule has 0 bridgehead atoms. The van der Waals surface area contributed by atoms with E-state index in [-0.39, 0.29) is 17.8 Å². The van der Waals surface area contributed by atoms with Crippen molar-refractivity contribution in [2.75, 3.05) is 18.4 Å². The third-order valence-corrected chi connectivity index (χ3v) is 5.67. The number of carbonyl (C=O) groups is 1. The normalized spacial score (nSPS) is 16.8. The molecule has 1 aromatic carbocycles. The second kappa shape index (κ2) is 12.4. The quantitative estimate of drug-likeness (QED) is 0.287. The van der Waals surface area contributed by atoms with E-state index in [1.165, 1.54) is 56.9 Å². The fraction of sp³-hybridized carbons (Fsp3) is 0.652. The van der Waals surface area contributed by atoms with Crippen molar-refractivity contribution >= 4 is 17.6 Å². The molecule has 2 rings (SSSR count). The second-order valence-corrected chi connectivity index (χ2v) is 8.08. The van der Waals surface area contributed by atoms with Gasteiger partial charge in [-0.3, -0.25) is 10.2 Å². The van der Waals surface area contributed by atoms with Crippen molar-refractivity contribution in [3.63, 3.8) is 0 Å². The Morgan fingerprint density at radius 1 is 1.11 bits per heavy atom. The van der Waals surface area contributed by atoms with Crippen molar-refractivity contribution in [2.45, 2.75) is 77.6 Å². The van der Waals surface area contributed by atoms with Crippen LogP contribution in [0.3, 0.4) is 0 Å². The summed E-state index contributed by atoms with van der Waals surface area (Å²) in [6, 6.07) is 8.26. The molecule has 5 heteroatoms. The summed E-state index contributed by atoms with van der Waals surface area (Å²) in [7, 11) is 0. The number of guanidine groups is 1. The molecular formula is C23H38N4O. The van der Waals surface area contributed by atoms with Gasteiger partial charge in [0.25, 0.3) is 0 Å². The van der Waals surface area contributed by atoms with E-state index in [1.807, 2.05) is 12.1 Å². The highest BCUT2D eigenvalue weighted by Gasteiger charge is 2.26. The summed E-state index contributed by atoms with van der Waals surface area (Å²) >= 11 is 0. The van der Waals surface area contributed by atoms with Crippen molar-refractivity contribution in [2.24, 2.45) is 11.7 Å². The first-order valence-corrected chi connectivity index (χ1v) is 11.1. The Hall–Kier alpha value is -2.04. The van der Waals surface area contributed by atoms with Crippen LogP contribution in [0.1, 0.15) is 76.7 Å². The van der Waals surface area contributed by atoms with Crippen LogP contribution in [-0.4, -0.2) is 29.9 Å². The molecule has 0 unspecified atom stereocenters. The summed E-state index contributed by atoms with van der Waals surface area (Å²) in [5, 5.41) is 10.6. The van der Waals surface area contributed by atoms with E-state index in [1.54, 1.807) is 4.90 Å². The Labute approximate surface area is 170 Å². The van der Waals surface area contributed by atoms with Crippen LogP contribution in [0, 0.1) is 11.3 Å². The van der Waals surface area contributed by atoms with E-state index < -0.39 is 0 Å². The molecule has 156 valence electrons. The number of benzene rings is 1. The van der Waals surface area contributed by atoms with Crippen LogP contribution in [0.2, 0.25) is 0 Å². The minimum atomic E-state index is -0.102. The largest absolute Gasteiger partial charge is 0.370 e. The van der Waals surface area contributed by atoms with Gasteiger partial charge in [-0.25, -0.2) is 0 Å². The van der Waals surface area contributed by atoms with Crippen LogP contribution in [-0.2, 0) is 11.2 Å². The van der Waals surface area contributed by atoms with Gasteiger partial charge in [0.15, 0.2) is 5.96 Å². The van der Waals surface area contributed by atoms with Gasteiger partial charge >= 0.3 is 0 Å². The third kappa shape index (κ3) is 7.91. The number of anilines is 1. The van der Waals surface area contributed by atoms with Gasteiger partial charge in [0.1, 0.15) is 0 Å². The number of nitrogens with one attached hydrogen (secondary N) is 2. The van der Waals surface area contributed by atoms with Gasteiger partial charge in [-0.15, -0.1) is 0 Å². The summed E-state index contributed by atoms with van der Waals surface area (Å²) < 4.78 is 0. The number of nitrogens with two attached hydrogens (primary N) is 1. The number of hydrogen-bond acceptors (Lipinski definition) is 2. The zero-order valence-electron chi connectivity index (χ0n) is 17.5. The smallest absolute Gasteiger partial charge is 0.229 e. The Kier molecular flexibility index (Phi) is 9.87. The Morgan fingerprint density at radius 3 is 2.39 bits per heavy atom. The fourth-order valence-corrected chi connectivity index (χ4v) is 3.87. The molecule has 4 N–H and O–H groups in total. The maximum Gasteiger partial charge on any atom is 0.229 e. The minimum Gasteiger partial charge on any atom is -0.370 e. The van der Waals surface area contributed by atoms with Gasteiger partial charge in [-0.2, -0.15) is 0 Å². The summed E-state index contributed by atoms with van der Waals surface area (Å²) in [6.07, 6.45) is 13.6. The van der Waals surface area contributed by atoms with E-state index in [2.05, 4.69) is 24.4 Å². The van der Waals surface area contributed by atoms with Crippen LogP contribution in [0.4, 0.5) is 5.69 Å². The van der Waals surface area contributed by atoms with E-state index in [0.717, 1.165) is 31.5 Å². The number of piperidine rings is 1. The summed E-state index contributed by atoms with van der Waals surface area (Å²) in [6.45, 7) is 3.57. The molecule has 1 aliphatic heterocycles. The Bertz CT molecular complexity index is 599. The van der Waals surface area contributed by atoms with Crippen molar-refractivity contribution < 1.29 is 4.79 Å². The second-order valence-electron chi connectivity index (χ2n) is 8.08. The number of amides is 1. The topological polar surface area (TPSA) is 82.2 Å².